The van der Waals surface area contributed by atoms with Gasteiger partial charge in [-0.15, -0.1) is 13.2 Å². The van der Waals surface area contributed by atoms with E-state index >= 15 is 0 Å². The van der Waals surface area contributed by atoms with Gasteiger partial charge in [0.05, 0.1) is 12.8 Å². The molecule has 5 nitrogen and oxygen atoms in total. The lowest BCUT2D eigenvalue weighted by atomic mass is 10.1. The molecule has 0 fully saturated rings. The molecular formula is C30H39N3O2. The van der Waals surface area contributed by atoms with Crippen molar-refractivity contribution < 1.29 is 9.53 Å². The van der Waals surface area contributed by atoms with Crippen molar-refractivity contribution >= 4 is 29.7 Å². The Bertz CT molecular complexity index is 1050. The van der Waals surface area contributed by atoms with E-state index in [4.69, 9.17) is 15.3 Å². The summed E-state index contributed by atoms with van der Waals surface area (Å²) < 4.78 is 5.14. The molecule has 35 heavy (non-hydrogen) atoms. The molecule has 0 aliphatic rings. The van der Waals surface area contributed by atoms with Gasteiger partial charge in [-0.25, -0.2) is 4.99 Å². The Kier molecular flexibility index (Phi) is 15.3. The number of nitrogens with zero attached hydrogens (tertiary/aromatic N) is 1. The first-order chi connectivity index (χ1) is 16.8. The number of nitrogens with one attached hydrogen (secondary N) is 1. The maximum absolute atomic E-state index is 8.00. The van der Waals surface area contributed by atoms with Crippen LogP contribution in [0, 0.1) is 13.8 Å². The van der Waals surface area contributed by atoms with E-state index in [2.05, 4.69) is 68.2 Å². The summed E-state index contributed by atoms with van der Waals surface area (Å²) in [6.07, 6.45) is 1.14. The lowest BCUT2D eigenvalue weighted by Crippen LogP contribution is -2.06. The number of anilines is 1. The molecule has 0 saturated heterocycles. The van der Waals surface area contributed by atoms with E-state index in [0.717, 1.165) is 40.5 Å². The zero-order valence-electron chi connectivity index (χ0n) is 21.7. The van der Waals surface area contributed by atoms with Crippen molar-refractivity contribution in [2.45, 2.75) is 34.1 Å². The fraction of sp³-hybridized carbons (Fsp3) is 0.200. The molecule has 0 atom stereocenters. The highest BCUT2D eigenvalue weighted by atomic mass is 16.5. The van der Waals surface area contributed by atoms with Gasteiger partial charge in [-0.2, -0.15) is 0 Å². The molecule has 0 aromatic heterocycles. The summed E-state index contributed by atoms with van der Waals surface area (Å²) in [5.41, 5.74) is 12.8. The Labute approximate surface area is 211 Å². The largest absolute Gasteiger partial charge is 0.497 e. The van der Waals surface area contributed by atoms with Crippen molar-refractivity contribution in [3.63, 3.8) is 0 Å². The van der Waals surface area contributed by atoms with Gasteiger partial charge in [0.2, 0.25) is 0 Å². The standard InChI is InChI=1S/C18H21N3O.C9H12.C2H4.CH2O/c1-12-5-6-15(13(2)19)11-18(12)21-14(3)20-16-7-9-17(22-4)10-8-16;1-3-9-6-4-8(2)5-7-9;2*1-2/h5-11H,2,19H2,1,3-4H3,(H,20,21);4-7H,3H2,1-2H3;1-2H2;1H2. The molecule has 0 heterocycles. The number of methoxy groups -OCH3 is 1. The van der Waals surface area contributed by atoms with Crippen molar-refractivity contribution in [1.82, 2.24) is 0 Å². The van der Waals surface area contributed by atoms with Crippen molar-refractivity contribution in [1.29, 1.82) is 0 Å². The van der Waals surface area contributed by atoms with Gasteiger partial charge in [0.1, 0.15) is 18.4 Å². The number of hydrogen-bond donors (Lipinski definition) is 2. The van der Waals surface area contributed by atoms with Gasteiger partial charge in [-0.05, 0) is 74.2 Å². The summed E-state index contributed by atoms with van der Waals surface area (Å²) in [6.45, 7) is 20.0. The van der Waals surface area contributed by atoms with Gasteiger partial charge in [0, 0.05) is 11.4 Å². The monoisotopic (exact) mass is 473 g/mol. The number of carbonyl (C=O) groups is 1. The molecule has 5 heteroatoms. The second-order valence-electron chi connectivity index (χ2n) is 7.42. The lowest BCUT2D eigenvalue weighted by Gasteiger charge is -2.09. The van der Waals surface area contributed by atoms with Crippen LogP contribution >= 0.6 is 0 Å². The Morgan fingerprint density at radius 1 is 0.971 bits per heavy atom. The Balaban J connectivity index is 0.000000740. The van der Waals surface area contributed by atoms with Crippen LogP contribution in [0.1, 0.15) is 36.1 Å². The molecule has 3 aromatic rings. The van der Waals surface area contributed by atoms with Crippen LogP contribution in [0.2, 0.25) is 0 Å². The fourth-order valence-electron chi connectivity index (χ4n) is 2.85. The number of nitrogens with two attached hydrogens (primary N) is 1. The first-order valence-corrected chi connectivity index (χ1v) is 11.2. The Morgan fingerprint density at radius 2 is 1.54 bits per heavy atom. The highest BCUT2D eigenvalue weighted by molar-refractivity contribution is 5.95. The summed E-state index contributed by atoms with van der Waals surface area (Å²) in [5.74, 6) is 1.62. The first-order valence-electron chi connectivity index (χ1n) is 11.2. The molecule has 3 aromatic carbocycles. The second-order valence-corrected chi connectivity index (χ2v) is 7.42. The van der Waals surface area contributed by atoms with E-state index in [9.17, 15) is 0 Å². The molecule has 3 N–H and O–H groups in total. The predicted molar refractivity (Wildman–Crippen MR) is 153 cm³/mol. The molecule has 0 saturated carbocycles. The quantitative estimate of drug-likeness (QED) is 0.232. The fourth-order valence-corrected chi connectivity index (χ4v) is 2.85. The predicted octanol–water partition coefficient (Wildman–Crippen LogP) is 7.27. The highest BCUT2D eigenvalue weighted by Crippen LogP contribution is 2.23. The number of carbonyl (C=O) groups excluding carboxylic acids is 1. The van der Waals surface area contributed by atoms with Gasteiger partial charge in [0.25, 0.3) is 0 Å². The van der Waals surface area contributed by atoms with Gasteiger partial charge < -0.3 is 20.6 Å². The molecule has 0 amide bonds. The van der Waals surface area contributed by atoms with Crippen LogP contribution in [0.15, 0.2) is 91.5 Å². The lowest BCUT2D eigenvalue weighted by molar-refractivity contribution is -0.0979. The summed E-state index contributed by atoms with van der Waals surface area (Å²) in [6, 6.07) is 22.2. The SMILES string of the molecule is C=C.C=C(N)c1ccc(C)c(N=C(C)Nc2ccc(OC)cc2)c1.C=O.CCc1ccc(C)cc1. The summed E-state index contributed by atoms with van der Waals surface area (Å²) >= 11 is 0. The zero-order valence-corrected chi connectivity index (χ0v) is 21.7. The van der Waals surface area contributed by atoms with Crippen molar-refractivity contribution in [3.8, 4) is 5.75 Å². The van der Waals surface area contributed by atoms with Crippen LogP contribution in [0.4, 0.5) is 11.4 Å². The molecule has 0 radical (unpaired) electrons. The molecule has 3 rings (SSSR count). The van der Waals surface area contributed by atoms with Gasteiger partial charge in [-0.1, -0.05) is 55.5 Å². The second kappa shape index (κ2) is 17.4. The molecule has 0 unspecified atom stereocenters. The van der Waals surface area contributed by atoms with E-state index in [-0.39, 0.29) is 0 Å². The molecule has 0 aliphatic carbocycles. The summed E-state index contributed by atoms with van der Waals surface area (Å²) in [4.78, 5) is 12.6. The van der Waals surface area contributed by atoms with Crippen molar-refractivity contribution in [2.24, 2.45) is 10.7 Å². The number of ether oxygens (including phenoxy) is 1. The zero-order chi connectivity index (χ0) is 26.8. The Morgan fingerprint density at radius 3 is 2.03 bits per heavy atom. The number of amidine groups is 1. The third-order valence-corrected chi connectivity index (χ3v) is 4.81. The average molecular weight is 474 g/mol. The van der Waals surface area contributed by atoms with Crippen molar-refractivity contribution in [2.75, 3.05) is 12.4 Å². The summed E-state index contributed by atoms with van der Waals surface area (Å²) in [7, 11) is 1.65. The number of hydrogen-bond acceptors (Lipinski definition) is 4. The minimum absolute atomic E-state index is 0.539. The van der Waals surface area contributed by atoms with Crippen LogP contribution in [-0.2, 0) is 11.2 Å². The number of rotatable bonds is 5. The van der Waals surface area contributed by atoms with Gasteiger partial charge in [0.15, 0.2) is 0 Å². The van der Waals surface area contributed by atoms with Crippen LogP contribution in [-0.4, -0.2) is 19.7 Å². The number of aliphatic imine (C=N–C) groups is 1. The summed E-state index contributed by atoms with van der Waals surface area (Å²) in [5, 5.41) is 3.26. The third kappa shape index (κ3) is 11.5. The molecule has 0 bridgehead atoms. The molecule has 0 aliphatic heterocycles. The topological polar surface area (TPSA) is 76.7 Å². The maximum atomic E-state index is 8.00. The average Bonchev–Trinajstić information content (AvgIpc) is 2.89. The number of benzene rings is 3. The molecule has 0 spiro atoms. The van der Waals surface area contributed by atoms with E-state index in [1.54, 1.807) is 7.11 Å². The van der Waals surface area contributed by atoms with E-state index in [0.29, 0.717) is 5.70 Å². The van der Waals surface area contributed by atoms with Crippen LogP contribution in [0.5, 0.6) is 5.75 Å². The highest BCUT2D eigenvalue weighted by Gasteiger charge is 2.02. The minimum Gasteiger partial charge on any atom is -0.497 e. The Hall–Kier alpha value is -4.12. The van der Waals surface area contributed by atoms with Crippen LogP contribution in [0.25, 0.3) is 5.70 Å². The van der Waals surface area contributed by atoms with Gasteiger partial charge >= 0.3 is 0 Å². The van der Waals surface area contributed by atoms with E-state index in [1.807, 2.05) is 63.1 Å². The molecule has 186 valence electrons. The van der Waals surface area contributed by atoms with Gasteiger partial charge in [-0.3, -0.25) is 0 Å². The van der Waals surface area contributed by atoms with E-state index in [1.165, 1.54) is 11.1 Å². The number of aryl methyl sites for hydroxylation is 3. The maximum Gasteiger partial charge on any atom is 0.119 e. The third-order valence-electron chi connectivity index (χ3n) is 4.81. The first kappa shape index (κ1) is 30.9. The smallest absolute Gasteiger partial charge is 0.119 e. The minimum atomic E-state index is 0.539. The van der Waals surface area contributed by atoms with Crippen LogP contribution < -0.4 is 15.8 Å². The van der Waals surface area contributed by atoms with E-state index < -0.39 is 0 Å². The normalized spacial score (nSPS) is 9.69. The van der Waals surface area contributed by atoms with Crippen LogP contribution in [0.3, 0.4) is 0 Å². The van der Waals surface area contributed by atoms with Crippen molar-refractivity contribution in [3.05, 3.63) is 109 Å². The molecular weight excluding hydrogens is 434 g/mol.